The third kappa shape index (κ3) is 3.96. The van der Waals surface area contributed by atoms with Crippen LogP contribution in [0.5, 0.6) is 0 Å². The van der Waals surface area contributed by atoms with Crippen molar-refractivity contribution in [3.05, 3.63) is 64.7 Å². The monoisotopic (exact) mass is 324 g/mol. The van der Waals surface area contributed by atoms with Crippen LogP contribution in [0.1, 0.15) is 22.6 Å². The summed E-state index contributed by atoms with van der Waals surface area (Å²) in [5, 5.41) is 1.03. The van der Waals surface area contributed by atoms with E-state index in [1.807, 2.05) is 25.2 Å². The molecule has 0 aliphatic heterocycles. The number of amides is 1. The molecular weight excluding hydrogens is 304 g/mol. The van der Waals surface area contributed by atoms with Crippen molar-refractivity contribution in [1.82, 2.24) is 9.88 Å². The number of carbonyl (C=O) groups excluding carboxylic acids is 1. The second-order valence-electron chi connectivity index (χ2n) is 5.81. The fourth-order valence-corrected chi connectivity index (χ4v) is 3.45. The summed E-state index contributed by atoms with van der Waals surface area (Å²) in [4.78, 5) is 18.7. The van der Waals surface area contributed by atoms with Crippen molar-refractivity contribution in [3.8, 4) is 0 Å². The number of rotatable bonds is 5. The summed E-state index contributed by atoms with van der Waals surface area (Å²) in [5.41, 5.74) is 3.41. The molecule has 1 heterocycles. The van der Waals surface area contributed by atoms with Gasteiger partial charge in [-0.3, -0.25) is 4.79 Å². The first kappa shape index (κ1) is 15.7. The second-order valence-corrected chi connectivity index (χ2v) is 6.93. The van der Waals surface area contributed by atoms with Gasteiger partial charge in [-0.2, -0.15) is 0 Å². The molecule has 0 aliphatic rings. The van der Waals surface area contributed by atoms with Gasteiger partial charge >= 0.3 is 0 Å². The Morgan fingerprint density at radius 3 is 2.61 bits per heavy atom. The standard InChI is InChI=1S/C19H20N2OS/c1-14-7-9-15(10-8-14)13-21(2)19(22)12-11-18-20-16-5-3-4-6-17(16)23-18/h3-10H,11-13H2,1-2H3. The number of hydrogen-bond acceptors (Lipinski definition) is 3. The molecule has 3 aromatic rings. The molecule has 0 spiro atoms. The molecule has 0 atom stereocenters. The molecule has 1 aromatic heterocycles. The van der Waals surface area contributed by atoms with Gasteiger partial charge in [-0.15, -0.1) is 11.3 Å². The van der Waals surface area contributed by atoms with Gasteiger partial charge in [-0.05, 0) is 24.6 Å². The average molecular weight is 324 g/mol. The molecule has 0 bridgehead atoms. The van der Waals surface area contributed by atoms with Gasteiger partial charge in [0.2, 0.25) is 5.91 Å². The van der Waals surface area contributed by atoms with Crippen LogP contribution in [0.25, 0.3) is 10.2 Å². The molecule has 118 valence electrons. The number of fused-ring (bicyclic) bond motifs is 1. The molecule has 3 nitrogen and oxygen atoms in total. The van der Waals surface area contributed by atoms with Gasteiger partial charge in [0.25, 0.3) is 0 Å². The van der Waals surface area contributed by atoms with Crippen LogP contribution in [-0.2, 0) is 17.8 Å². The van der Waals surface area contributed by atoms with Crippen LogP contribution in [-0.4, -0.2) is 22.8 Å². The Kier molecular flexibility index (Phi) is 4.72. The van der Waals surface area contributed by atoms with E-state index in [9.17, 15) is 4.79 Å². The van der Waals surface area contributed by atoms with Crippen molar-refractivity contribution in [1.29, 1.82) is 0 Å². The zero-order chi connectivity index (χ0) is 16.2. The Balaban J connectivity index is 1.56. The molecule has 0 aliphatic carbocycles. The Labute approximate surface area is 140 Å². The third-order valence-corrected chi connectivity index (χ3v) is 4.95. The van der Waals surface area contributed by atoms with Crippen LogP contribution in [0, 0.1) is 6.92 Å². The topological polar surface area (TPSA) is 33.2 Å². The maximum Gasteiger partial charge on any atom is 0.223 e. The zero-order valence-electron chi connectivity index (χ0n) is 13.5. The Morgan fingerprint density at radius 2 is 1.87 bits per heavy atom. The summed E-state index contributed by atoms with van der Waals surface area (Å²) in [6.07, 6.45) is 1.21. The first-order valence-corrected chi connectivity index (χ1v) is 8.57. The van der Waals surface area contributed by atoms with Crippen LogP contribution in [0.3, 0.4) is 0 Å². The highest BCUT2D eigenvalue weighted by atomic mass is 32.1. The molecule has 3 rings (SSSR count). The smallest absolute Gasteiger partial charge is 0.223 e. The largest absolute Gasteiger partial charge is 0.341 e. The normalized spacial score (nSPS) is 10.9. The lowest BCUT2D eigenvalue weighted by Crippen LogP contribution is -2.26. The van der Waals surface area contributed by atoms with Gasteiger partial charge in [0, 0.05) is 26.4 Å². The van der Waals surface area contributed by atoms with E-state index < -0.39 is 0 Å². The summed E-state index contributed by atoms with van der Waals surface area (Å²) < 4.78 is 1.18. The molecule has 1 amide bonds. The molecule has 0 N–H and O–H groups in total. The highest BCUT2D eigenvalue weighted by Crippen LogP contribution is 2.22. The molecule has 0 saturated carbocycles. The predicted molar refractivity (Wildman–Crippen MR) is 95.6 cm³/mol. The lowest BCUT2D eigenvalue weighted by atomic mass is 10.1. The Hall–Kier alpha value is -2.20. The molecule has 2 aromatic carbocycles. The van der Waals surface area contributed by atoms with Gasteiger partial charge < -0.3 is 4.90 Å². The van der Waals surface area contributed by atoms with Gasteiger partial charge in [0.15, 0.2) is 0 Å². The number of aryl methyl sites for hydroxylation is 2. The van der Waals surface area contributed by atoms with Crippen molar-refractivity contribution in [2.24, 2.45) is 0 Å². The number of thiazole rings is 1. The second kappa shape index (κ2) is 6.92. The maximum atomic E-state index is 12.3. The zero-order valence-corrected chi connectivity index (χ0v) is 14.3. The fourth-order valence-electron chi connectivity index (χ4n) is 2.49. The summed E-state index contributed by atoms with van der Waals surface area (Å²) in [5.74, 6) is 0.157. The number of nitrogens with zero attached hydrogens (tertiary/aromatic N) is 2. The molecular formula is C19H20N2OS. The molecule has 0 radical (unpaired) electrons. The van der Waals surface area contributed by atoms with E-state index in [1.165, 1.54) is 10.3 Å². The average Bonchev–Trinajstić information content (AvgIpc) is 2.97. The van der Waals surface area contributed by atoms with Crippen LogP contribution >= 0.6 is 11.3 Å². The van der Waals surface area contributed by atoms with Crippen molar-refractivity contribution >= 4 is 27.5 Å². The SMILES string of the molecule is Cc1ccc(CN(C)C(=O)CCc2nc3ccccc3s2)cc1. The van der Waals surface area contributed by atoms with E-state index >= 15 is 0 Å². The number of hydrogen-bond donors (Lipinski definition) is 0. The van der Waals surface area contributed by atoms with Gasteiger partial charge in [-0.1, -0.05) is 42.0 Å². The number of carbonyl (C=O) groups is 1. The van der Waals surface area contributed by atoms with Crippen LogP contribution in [0.15, 0.2) is 48.5 Å². The molecule has 0 unspecified atom stereocenters. The van der Waals surface area contributed by atoms with E-state index in [-0.39, 0.29) is 5.91 Å². The lowest BCUT2D eigenvalue weighted by molar-refractivity contribution is -0.130. The predicted octanol–water partition coefficient (Wildman–Crippen LogP) is 4.20. The van der Waals surface area contributed by atoms with Gasteiger partial charge in [0.05, 0.1) is 15.2 Å². The summed E-state index contributed by atoms with van der Waals surface area (Å²) in [6.45, 7) is 2.72. The number of benzene rings is 2. The van der Waals surface area contributed by atoms with E-state index in [2.05, 4.69) is 42.2 Å². The van der Waals surface area contributed by atoms with Gasteiger partial charge in [0.1, 0.15) is 0 Å². The number of aromatic nitrogens is 1. The van der Waals surface area contributed by atoms with Crippen LogP contribution in [0.4, 0.5) is 0 Å². The quantitative estimate of drug-likeness (QED) is 0.705. The van der Waals surface area contributed by atoms with E-state index in [4.69, 9.17) is 0 Å². The first-order chi connectivity index (χ1) is 11.1. The molecule has 23 heavy (non-hydrogen) atoms. The van der Waals surface area contributed by atoms with E-state index in [0.717, 1.165) is 16.1 Å². The van der Waals surface area contributed by atoms with E-state index in [1.54, 1.807) is 16.2 Å². The van der Waals surface area contributed by atoms with Crippen LogP contribution < -0.4 is 0 Å². The van der Waals surface area contributed by atoms with Crippen LogP contribution in [0.2, 0.25) is 0 Å². The molecule has 0 fully saturated rings. The summed E-state index contributed by atoms with van der Waals surface area (Å²) in [7, 11) is 1.86. The van der Waals surface area contributed by atoms with Crippen molar-refractivity contribution < 1.29 is 4.79 Å². The summed E-state index contributed by atoms with van der Waals surface area (Å²) in [6, 6.07) is 16.4. The Bertz CT molecular complexity index is 775. The summed E-state index contributed by atoms with van der Waals surface area (Å²) >= 11 is 1.67. The van der Waals surface area contributed by atoms with Crippen molar-refractivity contribution in [2.75, 3.05) is 7.05 Å². The van der Waals surface area contributed by atoms with Crippen molar-refractivity contribution in [3.63, 3.8) is 0 Å². The minimum Gasteiger partial charge on any atom is -0.341 e. The Morgan fingerprint density at radius 1 is 1.13 bits per heavy atom. The van der Waals surface area contributed by atoms with Gasteiger partial charge in [-0.25, -0.2) is 4.98 Å². The highest BCUT2D eigenvalue weighted by Gasteiger charge is 2.11. The third-order valence-electron chi connectivity index (χ3n) is 3.86. The maximum absolute atomic E-state index is 12.3. The van der Waals surface area contributed by atoms with E-state index in [0.29, 0.717) is 19.4 Å². The minimum absolute atomic E-state index is 0.157. The number of para-hydroxylation sites is 1. The molecule has 4 heteroatoms. The fraction of sp³-hybridized carbons (Fsp3) is 0.263. The minimum atomic E-state index is 0.157. The first-order valence-electron chi connectivity index (χ1n) is 7.76. The molecule has 0 saturated heterocycles. The van der Waals surface area contributed by atoms with Crippen molar-refractivity contribution in [2.45, 2.75) is 26.3 Å². The highest BCUT2D eigenvalue weighted by molar-refractivity contribution is 7.18. The lowest BCUT2D eigenvalue weighted by Gasteiger charge is -2.17.